The van der Waals surface area contributed by atoms with E-state index in [2.05, 4.69) is 10.2 Å². The first-order valence-electron chi connectivity index (χ1n) is 10.9. The van der Waals surface area contributed by atoms with Crippen LogP contribution in [-0.2, 0) is 11.2 Å². The van der Waals surface area contributed by atoms with Gasteiger partial charge in [0.1, 0.15) is 11.6 Å². The topological polar surface area (TPSA) is 44.8 Å². The summed E-state index contributed by atoms with van der Waals surface area (Å²) < 4.78 is 18.6. The number of hydrogen-bond donors (Lipinski definition) is 1. The number of nitrogens with zero attached hydrogens (tertiary/aromatic N) is 2. The predicted octanol–water partition coefficient (Wildman–Crippen LogP) is 5.53. The quantitative estimate of drug-likeness (QED) is 0.414. The summed E-state index contributed by atoms with van der Waals surface area (Å²) in [6.45, 7) is 1.21. The summed E-state index contributed by atoms with van der Waals surface area (Å²) in [5.41, 5.74) is 2.65. The summed E-state index contributed by atoms with van der Waals surface area (Å²) in [6, 6.07) is 21.1. The van der Waals surface area contributed by atoms with Crippen molar-refractivity contribution in [1.29, 1.82) is 0 Å². The van der Waals surface area contributed by atoms with E-state index in [0.29, 0.717) is 35.3 Å². The van der Waals surface area contributed by atoms with Crippen molar-refractivity contribution in [1.82, 2.24) is 4.90 Å². The van der Waals surface area contributed by atoms with Gasteiger partial charge in [0.05, 0.1) is 13.2 Å². The fourth-order valence-electron chi connectivity index (χ4n) is 3.99. The van der Waals surface area contributed by atoms with E-state index in [-0.39, 0.29) is 24.2 Å². The molecule has 1 heterocycles. The second kappa shape index (κ2) is 10.8. The van der Waals surface area contributed by atoms with E-state index in [0.717, 1.165) is 17.0 Å². The normalized spacial score (nSPS) is 15.5. The number of ether oxygens (including phenoxy) is 1. The maximum Gasteiger partial charge on any atom is 0.226 e. The van der Waals surface area contributed by atoms with Crippen molar-refractivity contribution in [3.05, 3.63) is 89.2 Å². The van der Waals surface area contributed by atoms with E-state index in [1.807, 2.05) is 29.2 Å². The van der Waals surface area contributed by atoms with Gasteiger partial charge >= 0.3 is 0 Å². The summed E-state index contributed by atoms with van der Waals surface area (Å²) in [5, 5.41) is 4.21. The molecule has 1 fully saturated rings. The minimum atomic E-state index is -0.261. The number of carbonyl (C=O) groups is 1. The second-order valence-electron chi connectivity index (χ2n) is 8.07. The van der Waals surface area contributed by atoms with Crippen LogP contribution in [0.4, 0.5) is 15.8 Å². The minimum Gasteiger partial charge on any atom is -0.497 e. The van der Waals surface area contributed by atoms with Crippen LogP contribution in [0.1, 0.15) is 12.0 Å². The molecule has 1 atom stereocenters. The van der Waals surface area contributed by atoms with Crippen molar-refractivity contribution >= 4 is 46.2 Å². The van der Waals surface area contributed by atoms with Crippen LogP contribution < -0.4 is 15.0 Å². The smallest absolute Gasteiger partial charge is 0.226 e. The molecule has 0 spiro atoms. The minimum absolute atomic E-state index is 0.0986. The Kier molecular flexibility index (Phi) is 7.65. The summed E-state index contributed by atoms with van der Waals surface area (Å²) in [4.78, 5) is 17.0. The van der Waals surface area contributed by atoms with E-state index in [9.17, 15) is 9.18 Å². The molecule has 5 nitrogen and oxygen atoms in total. The van der Waals surface area contributed by atoms with E-state index in [1.54, 1.807) is 43.5 Å². The van der Waals surface area contributed by atoms with Crippen LogP contribution in [0.15, 0.2) is 72.8 Å². The number of amides is 1. The van der Waals surface area contributed by atoms with E-state index >= 15 is 0 Å². The van der Waals surface area contributed by atoms with Gasteiger partial charge in [-0.05, 0) is 84.9 Å². The average molecular weight is 498 g/mol. The van der Waals surface area contributed by atoms with Gasteiger partial charge in [-0.1, -0.05) is 23.7 Å². The molecule has 1 aliphatic rings. The predicted molar refractivity (Wildman–Crippen MR) is 138 cm³/mol. The number of thiocarbonyl (C=S) groups is 1. The van der Waals surface area contributed by atoms with Crippen LogP contribution in [-0.4, -0.2) is 42.2 Å². The molecule has 0 bridgehead atoms. The van der Waals surface area contributed by atoms with Crippen molar-refractivity contribution < 1.29 is 13.9 Å². The van der Waals surface area contributed by atoms with Crippen LogP contribution in [0.25, 0.3) is 0 Å². The first-order chi connectivity index (χ1) is 16.4. The van der Waals surface area contributed by atoms with Crippen molar-refractivity contribution in [3.8, 4) is 5.75 Å². The van der Waals surface area contributed by atoms with Crippen molar-refractivity contribution in [2.75, 3.05) is 30.4 Å². The fourth-order valence-corrected chi connectivity index (χ4v) is 4.54. The van der Waals surface area contributed by atoms with Crippen LogP contribution in [0.5, 0.6) is 5.75 Å². The highest BCUT2D eigenvalue weighted by Gasteiger charge is 2.36. The third-order valence-corrected chi connectivity index (χ3v) is 6.51. The van der Waals surface area contributed by atoms with Gasteiger partial charge in [-0.2, -0.15) is 0 Å². The van der Waals surface area contributed by atoms with Crippen molar-refractivity contribution in [3.63, 3.8) is 0 Å². The van der Waals surface area contributed by atoms with Gasteiger partial charge in [0.25, 0.3) is 0 Å². The number of carbonyl (C=O) groups excluding carboxylic acids is 1. The first kappa shape index (κ1) is 24.0. The number of hydrogen-bond acceptors (Lipinski definition) is 3. The third kappa shape index (κ3) is 5.85. The molecule has 1 saturated heterocycles. The van der Waals surface area contributed by atoms with Gasteiger partial charge in [0, 0.05) is 35.9 Å². The van der Waals surface area contributed by atoms with Crippen molar-refractivity contribution in [2.45, 2.75) is 18.9 Å². The van der Waals surface area contributed by atoms with E-state index < -0.39 is 0 Å². The molecule has 0 saturated carbocycles. The summed E-state index contributed by atoms with van der Waals surface area (Å²) >= 11 is 11.8. The summed E-state index contributed by atoms with van der Waals surface area (Å²) in [5.74, 6) is 0.405. The number of anilines is 2. The Labute approximate surface area is 209 Å². The Bertz CT molecular complexity index is 1140. The molecule has 1 aliphatic heterocycles. The SMILES string of the molecule is COc1ccc(N2C[C@@H](CC(=O)Nc3ccc(Cl)cc3)N(CCc3ccc(F)cc3)C2=S)cc1. The molecule has 1 amide bonds. The van der Waals surface area contributed by atoms with Crippen LogP contribution in [0.2, 0.25) is 5.02 Å². The third-order valence-electron chi connectivity index (χ3n) is 5.80. The molecule has 0 aliphatic carbocycles. The first-order valence-corrected chi connectivity index (χ1v) is 11.7. The maximum atomic E-state index is 13.3. The van der Waals surface area contributed by atoms with Crippen LogP contribution in [0, 0.1) is 5.82 Å². The maximum absolute atomic E-state index is 13.3. The number of halogens is 2. The molecule has 8 heteroatoms. The van der Waals surface area contributed by atoms with Gasteiger partial charge < -0.3 is 19.9 Å². The molecule has 3 aromatic carbocycles. The fraction of sp³-hybridized carbons (Fsp3) is 0.231. The van der Waals surface area contributed by atoms with Gasteiger partial charge in [0.15, 0.2) is 5.11 Å². The lowest BCUT2D eigenvalue weighted by Crippen LogP contribution is -2.38. The molecule has 176 valence electrons. The Balaban J connectivity index is 1.49. The molecule has 4 rings (SSSR count). The highest BCUT2D eigenvalue weighted by Crippen LogP contribution is 2.28. The molecule has 1 N–H and O–H groups in total. The highest BCUT2D eigenvalue weighted by atomic mass is 35.5. The lowest BCUT2D eigenvalue weighted by Gasteiger charge is -2.25. The summed E-state index contributed by atoms with van der Waals surface area (Å²) in [6.07, 6.45) is 0.963. The second-order valence-corrected chi connectivity index (χ2v) is 8.88. The molecule has 34 heavy (non-hydrogen) atoms. The molecule has 3 aromatic rings. The summed E-state index contributed by atoms with van der Waals surface area (Å²) in [7, 11) is 1.63. The number of methoxy groups -OCH3 is 1. The Morgan fingerprint density at radius 2 is 1.76 bits per heavy atom. The molecule has 0 radical (unpaired) electrons. The molecule has 0 aromatic heterocycles. The zero-order valence-corrected chi connectivity index (χ0v) is 20.3. The zero-order valence-electron chi connectivity index (χ0n) is 18.7. The lowest BCUT2D eigenvalue weighted by molar-refractivity contribution is -0.116. The number of nitrogens with one attached hydrogen (secondary N) is 1. The van der Waals surface area contributed by atoms with Crippen LogP contribution >= 0.6 is 23.8 Å². The monoisotopic (exact) mass is 497 g/mol. The average Bonchev–Trinajstić information content (AvgIpc) is 3.15. The molecular formula is C26H25ClFN3O2S. The van der Waals surface area contributed by atoms with Gasteiger partial charge in [-0.15, -0.1) is 0 Å². The Morgan fingerprint density at radius 1 is 1.09 bits per heavy atom. The number of benzene rings is 3. The molecule has 0 unspecified atom stereocenters. The standard InChI is InChI=1S/C26H25ClFN3O2S/c1-33-24-12-10-22(11-13-24)31-17-23(16-25(32)29-21-8-4-19(27)5-9-21)30(26(31)34)15-14-18-2-6-20(28)7-3-18/h2-13,23H,14-17H2,1H3,(H,29,32)/t23-/m1/s1. The number of rotatable bonds is 8. The largest absolute Gasteiger partial charge is 0.497 e. The van der Waals surface area contributed by atoms with Crippen LogP contribution in [0.3, 0.4) is 0 Å². The van der Waals surface area contributed by atoms with Gasteiger partial charge in [-0.3, -0.25) is 4.79 Å². The van der Waals surface area contributed by atoms with Gasteiger partial charge in [-0.25, -0.2) is 4.39 Å². The molecular weight excluding hydrogens is 473 g/mol. The van der Waals surface area contributed by atoms with E-state index in [4.69, 9.17) is 28.6 Å². The van der Waals surface area contributed by atoms with Gasteiger partial charge in [0.2, 0.25) is 5.91 Å². The highest BCUT2D eigenvalue weighted by molar-refractivity contribution is 7.80. The Morgan fingerprint density at radius 3 is 2.41 bits per heavy atom. The van der Waals surface area contributed by atoms with E-state index in [1.165, 1.54) is 12.1 Å². The zero-order chi connectivity index (χ0) is 24.1. The Hall–Kier alpha value is -3.16. The lowest BCUT2D eigenvalue weighted by atomic mass is 10.1. The van der Waals surface area contributed by atoms with Crippen molar-refractivity contribution in [2.24, 2.45) is 0 Å².